The van der Waals surface area contributed by atoms with Crippen molar-refractivity contribution in [1.29, 1.82) is 0 Å². The fraction of sp³-hybridized carbons (Fsp3) is 0.500. The van der Waals surface area contributed by atoms with Crippen molar-refractivity contribution in [2.24, 2.45) is 5.73 Å². The van der Waals surface area contributed by atoms with Crippen LogP contribution in [0.3, 0.4) is 0 Å². The van der Waals surface area contributed by atoms with E-state index in [1.54, 1.807) is 6.20 Å². The van der Waals surface area contributed by atoms with Gasteiger partial charge in [0.05, 0.1) is 5.52 Å². The lowest BCUT2D eigenvalue weighted by Crippen LogP contribution is -2.30. The Morgan fingerprint density at radius 2 is 1.76 bits per heavy atom. The molecule has 11 heteroatoms. The van der Waals surface area contributed by atoms with E-state index >= 15 is 0 Å². The summed E-state index contributed by atoms with van der Waals surface area (Å²) in [7, 11) is 0. The molecule has 1 aromatic carbocycles. The van der Waals surface area contributed by atoms with E-state index in [-0.39, 0.29) is 17.0 Å². The predicted octanol–water partition coefficient (Wildman–Crippen LogP) is 2.91. The van der Waals surface area contributed by atoms with Gasteiger partial charge in [-0.05, 0) is 56.2 Å². The first-order valence-corrected chi connectivity index (χ1v) is 10.8. The van der Waals surface area contributed by atoms with Gasteiger partial charge in [0.25, 0.3) is 0 Å². The Balaban J connectivity index is 0.000000325. The van der Waals surface area contributed by atoms with Crippen molar-refractivity contribution >= 4 is 28.5 Å². The minimum absolute atomic E-state index is 0.126. The fourth-order valence-corrected chi connectivity index (χ4v) is 4.86. The van der Waals surface area contributed by atoms with Crippen LogP contribution in [0.1, 0.15) is 54.1 Å². The van der Waals surface area contributed by atoms with Crippen molar-refractivity contribution in [3.8, 4) is 0 Å². The van der Waals surface area contributed by atoms with Crippen molar-refractivity contribution in [2.45, 2.75) is 62.8 Å². The Hall–Kier alpha value is -3.08. The van der Waals surface area contributed by atoms with Gasteiger partial charge in [0, 0.05) is 41.9 Å². The first-order valence-electron chi connectivity index (χ1n) is 10.8. The Bertz CT molecular complexity index is 1170. The van der Waals surface area contributed by atoms with E-state index < -0.39 is 18.1 Å². The molecule has 4 N–H and O–H groups in total. The third-order valence-corrected chi connectivity index (χ3v) is 6.41. The first kappa shape index (κ1) is 23.1. The highest BCUT2D eigenvalue weighted by Crippen LogP contribution is 2.42. The zero-order valence-corrected chi connectivity index (χ0v) is 17.6. The number of aromatic carboxylic acids is 1. The molecular formula is C22H24F3N3O5. The Morgan fingerprint density at radius 1 is 1.09 bits per heavy atom. The summed E-state index contributed by atoms with van der Waals surface area (Å²) in [5, 5.41) is 17.1. The Kier molecular flexibility index (Phi) is 5.85. The lowest BCUT2D eigenvalue weighted by atomic mass is 10.00. The van der Waals surface area contributed by atoms with Crippen LogP contribution in [0.15, 0.2) is 23.1 Å². The smallest absolute Gasteiger partial charge is 0.477 e. The lowest BCUT2D eigenvalue weighted by Gasteiger charge is -2.27. The standard InChI is InChI=1S/C20H23N3O3.C2HF3O2/c21-11-8-13-2-1-3-14-17(22(13)9-11)7-6-15-18(14)23(12-4-5-12)10-16(19(15)24)20(25)26;3-2(4,5)1(6)7/h6-7,10-13H,1-5,8-9,21H2,(H,25,26);(H,6,7)/t11-,13+;/m0./s1. The summed E-state index contributed by atoms with van der Waals surface area (Å²) >= 11 is 0. The molecule has 8 nitrogen and oxygen atoms in total. The molecule has 1 saturated carbocycles. The number of fused-ring (bicyclic) bond motifs is 5. The number of carbonyl (C=O) groups is 2. The van der Waals surface area contributed by atoms with E-state index in [0.717, 1.165) is 50.6 Å². The number of aryl methyl sites for hydroxylation is 1. The maximum absolute atomic E-state index is 12.8. The molecule has 2 atom stereocenters. The molecule has 1 saturated heterocycles. The van der Waals surface area contributed by atoms with E-state index in [1.807, 2.05) is 12.1 Å². The third-order valence-electron chi connectivity index (χ3n) is 6.41. The van der Waals surface area contributed by atoms with Gasteiger partial charge in [-0.25, -0.2) is 9.59 Å². The number of hydrogen-bond donors (Lipinski definition) is 3. The molecule has 0 bridgehead atoms. The number of carboxylic acids is 2. The van der Waals surface area contributed by atoms with Crippen LogP contribution in [-0.2, 0) is 11.2 Å². The number of rotatable bonds is 2. The topological polar surface area (TPSA) is 126 Å². The van der Waals surface area contributed by atoms with Crippen molar-refractivity contribution in [3.63, 3.8) is 0 Å². The zero-order valence-electron chi connectivity index (χ0n) is 17.6. The van der Waals surface area contributed by atoms with Gasteiger partial charge in [-0.15, -0.1) is 0 Å². The summed E-state index contributed by atoms with van der Waals surface area (Å²) in [5.41, 5.74) is 9.05. The molecule has 2 aliphatic heterocycles. The molecule has 5 rings (SSSR count). The van der Waals surface area contributed by atoms with Gasteiger partial charge in [0.1, 0.15) is 5.56 Å². The quantitative estimate of drug-likeness (QED) is 0.620. The number of nitrogens with zero attached hydrogens (tertiary/aromatic N) is 2. The normalized spacial score (nSPS) is 22.1. The van der Waals surface area contributed by atoms with Crippen molar-refractivity contribution in [1.82, 2.24) is 4.57 Å². The van der Waals surface area contributed by atoms with Crippen LogP contribution >= 0.6 is 0 Å². The number of alkyl halides is 3. The molecule has 178 valence electrons. The Labute approximate surface area is 186 Å². The maximum atomic E-state index is 12.8. The second-order valence-corrected chi connectivity index (χ2v) is 8.77. The Morgan fingerprint density at radius 3 is 2.33 bits per heavy atom. The van der Waals surface area contributed by atoms with Gasteiger partial charge in [-0.1, -0.05) is 0 Å². The molecular weight excluding hydrogens is 443 g/mol. The van der Waals surface area contributed by atoms with E-state index in [0.29, 0.717) is 17.5 Å². The molecule has 0 amide bonds. The summed E-state index contributed by atoms with van der Waals surface area (Å²) < 4.78 is 33.8. The van der Waals surface area contributed by atoms with Gasteiger partial charge >= 0.3 is 18.1 Å². The number of hydrogen-bond acceptors (Lipinski definition) is 5. The van der Waals surface area contributed by atoms with E-state index in [2.05, 4.69) is 9.47 Å². The van der Waals surface area contributed by atoms with E-state index in [4.69, 9.17) is 15.6 Å². The summed E-state index contributed by atoms with van der Waals surface area (Å²) in [6.07, 6.45) is 2.70. The summed E-state index contributed by atoms with van der Waals surface area (Å²) in [6, 6.07) is 4.82. The summed E-state index contributed by atoms with van der Waals surface area (Å²) in [5.74, 6) is -3.90. The number of aliphatic carboxylic acids is 1. The van der Waals surface area contributed by atoms with Crippen LogP contribution in [0.4, 0.5) is 18.9 Å². The largest absolute Gasteiger partial charge is 0.490 e. The number of nitrogens with two attached hydrogens (primary N) is 1. The molecule has 3 aliphatic rings. The van der Waals surface area contributed by atoms with Crippen molar-refractivity contribution in [2.75, 3.05) is 11.4 Å². The number of aromatic nitrogens is 1. The van der Waals surface area contributed by atoms with Crippen molar-refractivity contribution < 1.29 is 33.0 Å². The molecule has 1 aliphatic carbocycles. The van der Waals surface area contributed by atoms with Crippen LogP contribution in [0.5, 0.6) is 0 Å². The number of pyridine rings is 1. The molecule has 1 aromatic heterocycles. The molecule has 33 heavy (non-hydrogen) atoms. The SMILES string of the molecule is N[C@H]1C[C@H]2CCCc3c(ccc4c(=O)c(C(=O)O)cn(C5CC5)c34)N2C1.O=C(O)C(F)(F)F. The maximum Gasteiger partial charge on any atom is 0.490 e. The minimum atomic E-state index is -5.08. The van der Waals surface area contributed by atoms with Crippen LogP contribution in [-0.4, -0.2) is 51.5 Å². The average molecular weight is 467 g/mol. The second-order valence-electron chi connectivity index (χ2n) is 8.77. The third kappa shape index (κ3) is 4.41. The van der Waals surface area contributed by atoms with E-state index in [1.165, 1.54) is 11.3 Å². The fourth-order valence-electron chi connectivity index (χ4n) is 4.86. The summed E-state index contributed by atoms with van der Waals surface area (Å²) in [6.45, 7) is 0.851. The van der Waals surface area contributed by atoms with Crippen LogP contribution < -0.4 is 16.1 Å². The number of anilines is 1. The average Bonchev–Trinajstić information content (AvgIpc) is 3.52. The number of benzene rings is 1. The predicted molar refractivity (Wildman–Crippen MR) is 114 cm³/mol. The highest BCUT2D eigenvalue weighted by atomic mass is 19.4. The van der Waals surface area contributed by atoms with Gasteiger partial charge in [0.2, 0.25) is 5.43 Å². The molecule has 0 unspecified atom stereocenters. The molecule has 2 aromatic rings. The van der Waals surface area contributed by atoms with Crippen LogP contribution in [0.25, 0.3) is 10.9 Å². The molecule has 0 radical (unpaired) electrons. The first-order chi connectivity index (χ1) is 15.5. The van der Waals surface area contributed by atoms with Gasteiger partial charge < -0.3 is 25.4 Å². The lowest BCUT2D eigenvalue weighted by molar-refractivity contribution is -0.192. The van der Waals surface area contributed by atoms with Crippen molar-refractivity contribution in [3.05, 3.63) is 39.7 Å². The minimum Gasteiger partial charge on any atom is -0.477 e. The van der Waals surface area contributed by atoms with Gasteiger partial charge in [0.15, 0.2) is 0 Å². The molecule has 3 heterocycles. The van der Waals surface area contributed by atoms with Crippen LogP contribution in [0.2, 0.25) is 0 Å². The highest BCUT2D eigenvalue weighted by Gasteiger charge is 2.38. The van der Waals surface area contributed by atoms with E-state index in [9.17, 15) is 27.9 Å². The van der Waals surface area contributed by atoms with Crippen LogP contribution in [0, 0.1) is 0 Å². The molecule has 2 fully saturated rings. The second kappa shape index (κ2) is 8.36. The summed E-state index contributed by atoms with van der Waals surface area (Å²) in [4.78, 5) is 35.7. The monoisotopic (exact) mass is 467 g/mol. The number of carboxylic acid groups (broad SMARTS) is 2. The highest BCUT2D eigenvalue weighted by molar-refractivity contribution is 5.95. The zero-order chi connectivity index (χ0) is 24.1. The van der Waals surface area contributed by atoms with Gasteiger partial charge in [-0.2, -0.15) is 13.2 Å². The number of halogens is 3. The van der Waals surface area contributed by atoms with Gasteiger partial charge in [-0.3, -0.25) is 4.79 Å². The molecule has 0 spiro atoms.